The lowest BCUT2D eigenvalue weighted by atomic mass is 10.2. The highest BCUT2D eigenvalue weighted by Crippen LogP contribution is 2.23. The van der Waals surface area contributed by atoms with Gasteiger partial charge in [0.2, 0.25) is 0 Å². The minimum absolute atomic E-state index is 0.310. The van der Waals surface area contributed by atoms with E-state index >= 15 is 0 Å². The van der Waals surface area contributed by atoms with Gasteiger partial charge in [0, 0.05) is 29.5 Å². The molecule has 0 bridgehead atoms. The molecule has 1 N–H and O–H groups in total. The van der Waals surface area contributed by atoms with Gasteiger partial charge in [0.1, 0.15) is 5.82 Å². The SMILES string of the molecule is Fc1cccc(Cl)c1CNc1ccccc1-n1ccnc1. The summed E-state index contributed by atoms with van der Waals surface area (Å²) in [5, 5.41) is 3.65. The van der Waals surface area contributed by atoms with Crippen molar-refractivity contribution >= 4 is 17.3 Å². The zero-order valence-corrected chi connectivity index (χ0v) is 11.9. The zero-order valence-electron chi connectivity index (χ0n) is 11.1. The van der Waals surface area contributed by atoms with E-state index in [1.54, 1.807) is 24.7 Å². The molecular weight excluding hydrogens is 289 g/mol. The summed E-state index contributed by atoms with van der Waals surface area (Å²) in [6.07, 6.45) is 5.29. The molecule has 0 saturated carbocycles. The van der Waals surface area contributed by atoms with E-state index in [1.807, 2.05) is 35.0 Å². The molecule has 0 fully saturated rings. The minimum Gasteiger partial charge on any atom is -0.379 e. The average Bonchev–Trinajstić information content (AvgIpc) is 3.01. The van der Waals surface area contributed by atoms with Crippen LogP contribution in [0.5, 0.6) is 0 Å². The fraction of sp³-hybridized carbons (Fsp3) is 0.0625. The van der Waals surface area contributed by atoms with Crippen molar-refractivity contribution in [2.24, 2.45) is 0 Å². The van der Waals surface area contributed by atoms with Crippen LogP contribution in [0.4, 0.5) is 10.1 Å². The Kier molecular flexibility index (Phi) is 3.88. The number of hydrogen-bond donors (Lipinski definition) is 1. The highest BCUT2D eigenvalue weighted by atomic mass is 35.5. The van der Waals surface area contributed by atoms with Crippen molar-refractivity contribution < 1.29 is 4.39 Å². The van der Waals surface area contributed by atoms with Crippen LogP contribution in [0.1, 0.15) is 5.56 Å². The maximum Gasteiger partial charge on any atom is 0.129 e. The Hall–Kier alpha value is -2.33. The van der Waals surface area contributed by atoms with Crippen LogP contribution in [0.2, 0.25) is 5.02 Å². The van der Waals surface area contributed by atoms with Gasteiger partial charge < -0.3 is 9.88 Å². The Morgan fingerprint density at radius 2 is 2.00 bits per heavy atom. The van der Waals surface area contributed by atoms with Crippen LogP contribution in [0.3, 0.4) is 0 Å². The number of anilines is 1. The maximum atomic E-state index is 13.8. The summed E-state index contributed by atoms with van der Waals surface area (Å²) < 4.78 is 15.7. The van der Waals surface area contributed by atoms with Crippen LogP contribution in [0.25, 0.3) is 5.69 Å². The number of benzene rings is 2. The van der Waals surface area contributed by atoms with Gasteiger partial charge in [-0.3, -0.25) is 0 Å². The van der Waals surface area contributed by atoms with Crippen molar-refractivity contribution in [3.63, 3.8) is 0 Å². The van der Waals surface area contributed by atoms with Crippen LogP contribution < -0.4 is 5.32 Å². The highest BCUT2D eigenvalue weighted by Gasteiger charge is 2.08. The third kappa shape index (κ3) is 2.90. The molecule has 3 aromatic rings. The fourth-order valence-corrected chi connectivity index (χ4v) is 2.36. The lowest BCUT2D eigenvalue weighted by molar-refractivity contribution is 0.613. The van der Waals surface area contributed by atoms with Crippen LogP contribution in [0, 0.1) is 5.82 Å². The Labute approximate surface area is 127 Å². The number of nitrogens with one attached hydrogen (secondary N) is 1. The molecule has 1 heterocycles. The Bertz CT molecular complexity index is 721. The van der Waals surface area contributed by atoms with Gasteiger partial charge in [0.25, 0.3) is 0 Å². The van der Waals surface area contributed by atoms with Gasteiger partial charge in [-0.05, 0) is 24.3 Å². The van der Waals surface area contributed by atoms with Gasteiger partial charge in [-0.25, -0.2) is 9.37 Å². The molecule has 0 amide bonds. The molecule has 106 valence electrons. The molecule has 0 saturated heterocycles. The predicted octanol–water partition coefficient (Wildman–Crippen LogP) is 4.28. The summed E-state index contributed by atoms with van der Waals surface area (Å²) in [6, 6.07) is 12.5. The van der Waals surface area contributed by atoms with E-state index in [-0.39, 0.29) is 5.82 Å². The zero-order chi connectivity index (χ0) is 14.7. The molecule has 0 aliphatic heterocycles. The molecule has 3 rings (SSSR count). The van der Waals surface area contributed by atoms with Crippen molar-refractivity contribution in [3.8, 4) is 5.69 Å². The van der Waals surface area contributed by atoms with E-state index in [0.29, 0.717) is 17.1 Å². The van der Waals surface area contributed by atoms with E-state index in [2.05, 4.69) is 10.3 Å². The lowest BCUT2D eigenvalue weighted by Gasteiger charge is -2.13. The Morgan fingerprint density at radius 1 is 1.14 bits per heavy atom. The molecule has 0 spiro atoms. The molecule has 0 radical (unpaired) electrons. The standard InChI is InChI=1S/C16H13ClFN3/c17-13-4-3-5-14(18)12(13)10-20-15-6-1-2-7-16(15)21-9-8-19-11-21/h1-9,11,20H,10H2. The van der Waals surface area contributed by atoms with Crippen molar-refractivity contribution in [2.45, 2.75) is 6.54 Å². The lowest BCUT2D eigenvalue weighted by Crippen LogP contribution is -2.05. The molecule has 1 aromatic heterocycles. The summed E-state index contributed by atoms with van der Waals surface area (Å²) in [5.41, 5.74) is 2.29. The molecule has 2 aromatic carbocycles. The number of imidazole rings is 1. The van der Waals surface area contributed by atoms with E-state index in [0.717, 1.165) is 11.4 Å². The highest BCUT2D eigenvalue weighted by molar-refractivity contribution is 6.31. The number of rotatable bonds is 4. The minimum atomic E-state index is -0.310. The first-order chi connectivity index (χ1) is 10.3. The molecule has 3 nitrogen and oxygen atoms in total. The molecular formula is C16H13ClFN3. The van der Waals surface area contributed by atoms with Crippen molar-refractivity contribution in [1.29, 1.82) is 0 Å². The second-order valence-corrected chi connectivity index (χ2v) is 4.95. The fourth-order valence-electron chi connectivity index (χ4n) is 2.13. The van der Waals surface area contributed by atoms with Gasteiger partial charge >= 0.3 is 0 Å². The van der Waals surface area contributed by atoms with Crippen molar-refractivity contribution in [2.75, 3.05) is 5.32 Å². The van der Waals surface area contributed by atoms with Crippen LogP contribution >= 0.6 is 11.6 Å². The summed E-state index contributed by atoms with van der Waals surface area (Å²) in [4.78, 5) is 4.04. The predicted molar refractivity (Wildman–Crippen MR) is 82.3 cm³/mol. The first-order valence-corrected chi connectivity index (χ1v) is 6.87. The quantitative estimate of drug-likeness (QED) is 0.779. The average molecular weight is 302 g/mol. The number of para-hydroxylation sites is 2. The molecule has 21 heavy (non-hydrogen) atoms. The monoisotopic (exact) mass is 301 g/mol. The number of halogens is 2. The van der Waals surface area contributed by atoms with Gasteiger partial charge in [-0.2, -0.15) is 0 Å². The summed E-state index contributed by atoms with van der Waals surface area (Å²) >= 11 is 6.04. The van der Waals surface area contributed by atoms with E-state index in [1.165, 1.54) is 6.07 Å². The normalized spacial score (nSPS) is 10.6. The van der Waals surface area contributed by atoms with Crippen molar-refractivity contribution in [1.82, 2.24) is 9.55 Å². The number of hydrogen-bond acceptors (Lipinski definition) is 2. The van der Waals surface area contributed by atoms with Crippen molar-refractivity contribution in [3.05, 3.63) is 77.6 Å². The van der Waals surface area contributed by atoms with Gasteiger partial charge in [-0.15, -0.1) is 0 Å². The molecule has 0 aliphatic carbocycles. The van der Waals surface area contributed by atoms with E-state index < -0.39 is 0 Å². The summed E-state index contributed by atoms with van der Waals surface area (Å²) in [6.45, 7) is 0.317. The molecule has 0 unspecified atom stereocenters. The first kappa shape index (κ1) is 13.6. The summed E-state index contributed by atoms with van der Waals surface area (Å²) in [7, 11) is 0. The topological polar surface area (TPSA) is 29.9 Å². The third-order valence-corrected chi connectivity index (χ3v) is 3.56. The second-order valence-electron chi connectivity index (χ2n) is 4.54. The van der Waals surface area contributed by atoms with Gasteiger partial charge in [0.05, 0.1) is 17.7 Å². The largest absolute Gasteiger partial charge is 0.379 e. The smallest absolute Gasteiger partial charge is 0.129 e. The molecule has 0 aliphatic rings. The Morgan fingerprint density at radius 3 is 2.76 bits per heavy atom. The molecule has 0 atom stereocenters. The second kappa shape index (κ2) is 5.97. The van der Waals surface area contributed by atoms with Crippen LogP contribution in [0.15, 0.2) is 61.2 Å². The van der Waals surface area contributed by atoms with Crippen LogP contribution in [-0.4, -0.2) is 9.55 Å². The molecule has 5 heteroatoms. The summed E-state index contributed by atoms with van der Waals surface area (Å²) in [5.74, 6) is -0.310. The van der Waals surface area contributed by atoms with Crippen LogP contribution in [-0.2, 0) is 6.54 Å². The van der Waals surface area contributed by atoms with E-state index in [4.69, 9.17) is 11.6 Å². The third-order valence-electron chi connectivity index (χ3n) is 3.20. The van der Waals surface area contributed by atoms with Gasteiger partial charge in [-0.1, -0.05) is 29.8 Å². The number of aromatic nitrogens is 2. The Balaban J connectivity index is 1.86. The number of nitrogens with zero attached hydrogens (tertiary/aromatic N) is 2. The first-order valence-electron chi connectivity index (χ1n) is 6.50. The maximum absolute atomic E-state index is 13.8. The van der Waals surface area contributed by atoms with E-state index in [9.17, 15) is 4.39 Å². The van der Waals surface area contributed by atoms with Gasteiger partial charge in [0.15, 0.2) is 0 Å².